The second-order valence-electron chi connectivity index (χ2n) is 7.81. The van der Waals surface area contributed by atoms with Crippen molar-refractivity contribution in [2.45, 2.75) is 45.6 Å². The number of amides is 1. The van der Waals surface area contributed by atoms with Crippen LogP contribution in [0.4, 0.5) is 0 Å². The predicted molar refractivity (Wildman–Crippen MR) is 113 cm³/mol. The Morgan fingerprint density at radius 3 is 2.14 bits per heavy atom. The van der Waals surface area contributed by atoms with Gasteiger partial charge in [0, 0.05) is 23.6 Å². The number of ether oxygens (including phenoxy) is 1. The molecule has 1 N–H and O–H groups in total. The summed E-state index contributed by atoms with van der Waals surface area (Å²) in [5.41, 5.74) is 2.60. The number of hydrogen-bond donors (Lipinski definition) is 1. The number of carbonyl (C=O) groups excluding carboxylic acids is 3. The maximum atomic E-state index is 12.2. The summed E-state index contributed by atoms with van der Waals surface area (Å²) in [5.74, 6) is -1.11. The molecule has 0 bridgehead atoms. The van der Waals surface area contributed by atoms with Gasteiger partial charge in [-0.3, -0.25) is 14.4 Å². The molecule has 0 aliphatic heterocycles. The molecule has 0 aromatic heterocycles. The minimum absolute atomic E-state index is 0.0134. The first-order valence-corrected chi connectivity index (χ1v) is 9.83. The van der Waals surface area contributed by atoms with Crippen LogP contribution in [0.15, 0.2) is 48.5 Å². The average molecular weight is 416 g/mol. The lowest BCUT2D eigenvalue weighted by Crippen LogP contribution is -2.28. The molecule has 1 amide bonds. The minimum Gasteiger partial charge on any atom is -0.456 e. The molecule has 0 aliphatic rings. The van der Waals surface area contributed by atoms with Gasteiger partial charge in [-0.25, -0.2) is 0 Å². The van der Waals surface area contributed by atoms with E-state index in [-0.39, 0.29) is 30.6 Å². The van der Waals surface area contributed by atoms with E-state index in [1.54, 1.807) is 36.4 Å². The maximum absolute atomic E-state index is 12.2. The average Bonchev–Trinajstić information content (AvgIpc) is 2.69. The molecule has 0 radical (unpaired) electrons. The van der Waals surface area contributed by atoms with Crippen LogP contribution in [0.1, 0.15) is 55.1 Å². The van der Waals surface area contributed by atoms with E-state index >= 15 is 0 Å². The van der Waals surface area contributed by atoms with E-state index in [1.807, 2.05) is 12.1 Å². The fraction of sp³-hybridized carbons (Fsp3) is 0.348. The van der Waals surface area contributed by atoms with Gasteiger partial charge in [-0.1, -0.05) is 68.8 Å². The summed E-state index contributed by atoms with van der Waals surface area (Å²) in [6.45, 7) is 6.25. The van der Waals surface area contributed by atoms with Crippen molar-refractivity contribution in [3.05, 3.63) is 70.2 Å². The van der Waals surface area contributed by atoms with Crippen LogP contribution in [-0.2, 0) is 26.3 Å². The van der Waals surface area contributed by atoms with Crippen LogP contribution in [0.5, 0.6) is 0 Å². The van der Waals surface area contributed by atoms with Crippen molar-refractivity contribution in [2.24, 2.45) is 0 Å². The first kappa shape index (κ1) is 22.6. The zero-order valence-electron chi connectivity index (χ0n) is 17.0. The van der Waals surface area contributed by atoms with Crippen LogP contribution < -0.4 is 5.32 Å². The van der Waals surface area contributed by atoms with Gasteiger partial charge in [0.15, 0.2) is 12.4 Å². The highest BCUT2D eigenvalue weighted by atomic mass is 35.5. The lowest BCUT2D eigenvalue weighted by molar-refractivity contribution is -0.148. The van der Waals surface area contributed by atoms with Crippen molar-refractivity contribution in [1.82, 2.24) is 5.32 Å². The Kier molecular flexibility index (Phi) is 7.97. The number of hydrogen-bond acceptors (Lipinski definition) is 4. The summed E-state index contributed by atoms with van der Waals surface area (Å²) in [6, 6.07) is 14.5. The SMILES string of the molecule is CC(C)(C)c1ccc(C(=O)CCC(=O)OCC(=O)NCc2ccc(Cl)cc2)cc1. The van der Waals surface area contributed by atoms with Crippen LogP contribution in [-0.4, -0.2) is 24.3 Å². The highest BCUT2D eigenvalue weighted by molar-refractivity contribution is 6.30. The van der Waals surface area contributed by atoms with Gasteiger partial charge in [0.2, 0.25) is 0 Å². The molecule has 0 heterocycles. The topological polar surface area (TPSA) is 72.5 Å². The van der Waals surface area contributed by atoms with Crippen LogP contribution >= 0.6 is 11.6 Å². The molecule has 2 aromatic carbocycles. The molecule has 0 fully saturated rings. The van der Waals surface area contributed by atoms with E-state index in [1.165, 1.54) is 0 Å². The van der Waals surface area contributed by atoms with Crippen molar-refractivity contribution >= 4 is 29.3 Å². The number of halogens is 1. The fourth-order valence-electron chi connectivity index (χ4n) is 2.59. The zero-order chi connectivity index (χ0) is 21.4. The number of Topliss-reactive ketones (excluding diaryl/α,β-unsaturated/α-hetero) is 1. The highest BCUT2D eigenvalue weighted by Crippen LogP contribution is 2.22. The monoisotopic (exact) mass is 415 g/mol. The van der Waals surface area contributed by atoms with E-state index in [0.717, 1.165) is 11.1 Å². The fourth-order valence-corrected chi connectivity index (χ4v) is 2.71. The van der Waals surface area contributed by atoms with E-state index in [0.29, 0.717) is 17.1 Å². The van der Waals surface area contributed by atoms with Gasteiger partial charge in [-0.15, -0.1) is 0 Å². The van der Waals surface area contributed by atoms with Gasteiger partial charge in [0.1, 0.15) is 0 Å². The number of nitrogens with one attached hydrogen (secondary N) is 1. The summed E-state index contributed by atoms with van der Waals surface area (Å²) >= 11 is 5.81. The molecule has 0 saturated carbocycles. The Labute approximate surface area is 176 Å². The molecule has 6 heteroatoms. The molecular formula is C23H26ClNO4. The molecule has 5 nitrogen and oxygen atoms in total. The molecule has 0 saturated heterocycles. The minimum atomic E-state index is -0.577. The smallest absolute Gasteiger partial charge is 0.306 e. The predicted octanol–water partition coefficient (Wildman–Crippen LogP) is 4.46. The van der Waals surface area contributed by atoms with E-state index in [9.17, 15) is 14.4 Å². The number of rotatable bonds is 8. The van der Waals surface area contributed by atoms with Crippen LogP contribution in [0.25, 0.3) is 0 Å². The third-order valence-corrected chi connectivity index (χ3v) is 4.65. The van der Waals surface area contributed by atoms with Crippen LogP contribution in [0.2, 0.25) is 5.02 Å². The summed E-state index contributed by atoms with van der Waals surface area (Å²) in [4.78, 5) is 35.8. The van der Waals surface area contributed by atoms with E-state index < -0.39 is 11.9 Å². The third-order valence-electron chi connectivity index (χ3n) is 4.40. The first-order valence-electron chi connectivity index (χ1n) is 9.45. The number of carbonyl (C=O) groups is 3. The Morgan fingerprint density at radius 1 is 0.931 bits per heavy atom. The van der Waals surface area contributed by atoms with Crippen molar-refractivity contribution in [2.75, 3.05) is 6.61 Å². The molecule has 0 spiro atoms. The van der Waals surface area contributed by atoms with Gasteiger partial charge >= 0.3 is 5.97 Å². The molecule has 0 unspecified atom stereocenters. The molecular weight excluding hydrogens is 390 g/mol. The van der Waals surface area contributed by atoms with E-state index in [2.05, 4.69) is 26.1 Å². The summed E-state index contributed by atoms with van der Waals surface area (Å²) in [7, 11) is 0. The Hall–Kier alpha value is -2.66. The zero-order valence-corrected chi connectivity index (χ0v) is 17.7. The summed E-state index contributed by atoms with van der Waals surface area (Å²) in [6.07, 6.45) is -0.0234. The number of esters is 1. The highest BCUT2D eigenvalue weighted by Gasteiger charge is 2.15. The Balaban J connectivity index is 1.70. The maximum Gasteiger partial charge on any atom is 0.306 e. The van der Waals surface area contributed by atoms with Gasteiger partial charge < -0.3 is 10.1 Å². The van der Waals surface area contributed by atoms with Crippen molar-refractivity contribution in [3.8, 4) is 0 Å². The number of benzene rings is 2. The lowest BCUT2D eigenvalue weighted by Gasteiger charge is -2.18. The molecule has 0 atom stereocenters. The Bertz CT molecular complexity index is 852. The molecule has 154 valence electrons. The normalized spacial score (nSPS) is 11.0. The standard InChI is InChI=1S/C23H26ClNO4/c1-23(2,3)18-8-6-17(7-9-18)20(26)12-13-22(28)29-15-21(27)25-14-16-4-10-19(24)11-5-16/h4-11H,12-15H2,1-3H3,(H,25,27). The largest absolute Gasteiger partial charge is 0.456 e. The third kappa shape index (κ3) is 7.70. The molecule has 29 heavy (non-hydrogen) atoms. The lowest BCUT2D eigenvalue weighted by atomic mass is 9.86. The second kappa shape index (κ2) is 10.2. The molecule has 2 aromatic rings. The number of ketones is 1. The van der Waals surface area contributed by atoms with Gasteiger partial charge in [-0.05, 0) is 28.7 Å². The van der Waals surface area contributed by atoms with Crippen molar-refractivity contribution < 1.29 is 19.1 Å². The summed E-state index contributed by atoms with van der Waals surface area (Å²) in [5, 5.41) is 3.27. The van der Waals surface area contributed by atoms with Gasteiger partial charge in [-0.2, -0.15) is 0 Å². The summed E-state index contributed by atoms with van der Waals surface area (Å²) < 4.78 is 4.94. The molecule has 0 aliphatic carbocycles. The molecule has 2 rings (SSSR count). The Morgan fingerprint density at radius 2 is 1.55 bits per heavy atom. The second-order valence-corrected chi connectivity index (χ2v) is 8.25. The van der Waals surface area contributed by atoms with Crippen LogP contribution in [0, 0.1) is 0 Å². The van der Waals surface area contributed by atoms with Gasteiger partial charge in [0.05, 0.1) is 6.42 Å². The quantitative estimate of drug-likeness (QED) is 0.510. The van der Waals surface area contributed by atoms with Gasteiger partial charge in [0.25, 0.3) is 5.91 Å². The van der Waals surface area contributed by atoms with Crippen LogP contribution in [0.3, 0.4) is 0 Å². The van der Waals surface area contributed by atoms with E-state index in [4.69, 9.17) is 16.3 Å². The van der Waals surface area contributed by atoms with Crippen molar-refractivity contribution in [1.29, 1.82) is 0 Å². The first-order chi connectivity index (χ1) is 13.6. The van der Waals surface area contributed by atoms with Crippen molar-refractivity contribution in [3.63, 3.8) is 0 Å².